The number of rotatable bonds is 8. The van der Waals surface area contributed by atoms with Crippen molar-refractivity contribution in [3.8, 4) is 0 Å². The number of nitrogens with zero attached hydrogens (tertiary/aromatic N) is 1. The summed E-state index contributed by atoms with van der Waals surface area (Å²) in [6.07, 6.45) is 3.62. The second-order valence-corrected chi connectivity index (χ2v) is 12.5. The molecule has 3 aromatic carbocycles. The molecule has 2 N–H and O–H groups in total. The smallest absolute Gasteiger partial charge is 0.309 e. The Morgan fingerprint density at radius 3 is 2.54 bits per heavy atom. The van der Waals surface area contributed by atoms with Crippen molar-refractivity contribution in [2.24, 2.45) is 5.92 Å². The summed E-state index contributed by atoms with van der Waals surface area (Å²) in [4.78, 5) is 27.3. The second-order valence-electron chi connectivity index (χ2n) is 10.4. The number of nitrogens with one attached hydrogen (secondary N) is 2. The van der Waals surface area contributed by atoms with Crippen LogP contribution in [0.25, 0.3) is 0 Å². The standard InChI is InChI=1S/C31H34ClN3O5S/c1-2-40-31(37)22-15-17-35(18-16-22)28-14-13-25(33-30(36)23-9-5-10-24(32)19-23)20-29(28)41(38,39)34-27-12-6-8-21-7-3-4-11-26(21)27/h3-5,7,9-11,13-14,19-20,22,27,34H,2,6,8,12,15-18H2,1H3,(H,33,36)/t27-/m1/s1. The molecule has 1 saturated heterocycles. The lowest BCUT2D eigenvalue weighted by molar-refractivity contribution is -0.148. The van der Waals surface area contributed by atoms with Gasteiger partial charge in [0.15, 0.2) is 0 Å². The first-order chi connectivity index (χ1) is 19.7. The summed E-state index contributed by atoms with van der Waals surface area (Å²) in [5, 5.41) is 3.24. The highest BCUT2D eigenvalue weighted by Crippen LogP contribution is 2.35. The van der Waals surface area contributed by atoms with Crippen molar-refractivity contribution in [1.29, 1.82) is 0 Å². The Labute approximate surface area is 246 Å². The summed E-state index contributed by atoms with van der Waals surface area (Å²) >= 11 is 6.06. The summed E-state index contributed by atoms with van der Waals surface area (Å²) in [5.74, 6) is -0.816. The first kappa shape index (κ1) is 29.1. The summed E-state index contributed by atoms with van der Waals surface area (Å²) < 4.78 is 36.2. The van der Waals surface area contributed by atoms with Crippen LogP contribution in [0.5, 0.6) is 0 Å². The molecule has 1 atom stereocenters. The molecule has 10 heteroatoms. The van der Waals surface area contributed by atoms with E-state index in [1.807, 2.05) is 29.2 Å². The fourth-order valence-electron chi connectivity index (χ4n) is 5.64. The Hall–Kier alpha value is -3.40. The van der Waals surface area contributed by atoms with Gasteiger partial charge in [0.05, 0.1) is 18.2 Å². The Kier molecular flexibility index (Phi) is 8.97. The van der Waals surface area contributed by atoms with E-state index in [1.54, 1.807) is 43.3 Å². The molecular formula is C31H34ClN3O5S. The molecule has 0 unspecified atom stereocenters. The maximum Gasteiger partial charge on any atom is 0.309 e. The van der Waals surface area contributed by atoms with Crippen molar-refractivity contribution in [3.63, 3.8) is 0 Å². The van der Waals surface area contributed by atoms with Crippen LogP contribution >= 0.6 is 11.6 Å². The van der Waals surface area contributed by atoms with E-state index < -0.39 is 15.9 Å². The number of ether oxygens (including phenoxy) is 1. The molecule has 216 valence electrons. The minimum Gasteiger partial charge on any atom is -0.466 e. The molecule has 0 radical (unpaired) electrons. The van der Waals surface area contributed by atoms with E-state index in [0.29, 0.717) is 60.9 Å². The topological polar surface area (TPSA) is 105 Å². The third-order valence-electron chi connectivity index (χ3n) is 7.72. The van der Waals surface area contributed by atoms with Crippen molar-refractivity contribution in [2.75, 3.05) is 29.9 Å². The minimum atomic E-state index is -4.01. The maximum absolute atomic E-state index is 14.0. The van der Waals surface area contributed by atoms with Gasteiger partial charge in [0.25, 0.3) is 5.91 Å². The van der Waals surface area contributed by atoms with Crippen LogP contribution in [0.1, 0.15) is 60.1 Å². The van der Waals surface area contributed by atoms with E-state index in [-0.39, 0.29) is 22.8 Å². The van der Waals surface area contributed by atoms with Gasteiger partial charge in [-0.05, 0) is 86.6 Å². The van der Waals surface area contributed by atoms with E-state index in [2.05, 4.69) is 10.0 Å². The molecule has 3 aromatic rings. The van der Waals surface area contributed by atoms with Crippen LogP contribution in [0.15, 0.2) is 71.6 Å². The van der Waals surface area contributed by atoms with Gasteiger partial charge < -0.3 is 15.0 Å². The zero-order valence-electron chi connectivity index (χ0n) is 22.9. The van der Waals surface area contributed by atoms with Gasteiger partial charge in [0.2, 0.25) is 10.0 Å². The highest BCUT2D eigenvalue weighted by Gasteiger charge is 2.32. The SMILES string of the molecule is CCOC(=O)C1CCN(c2ccc(NC(=O)c3cccc(Cl)c3)cc2S(=O)(=O)N[C@@H]2CCCc3ccccc32)CC1. The van der Waals surface area contributed by atoms with Crippen LogP contribution in [0.4, 0.5) is 11.4 Å². The number of carbonyl (C=O) groups is 2. The van der Waals surface area contributed by atoms with Gasteiger partial charge in [-0.25, -0.2) is 13.1 Å². The van der Waals surface area contributed by atoms with Crippen molar-refractivity contribution < 1.29 is 22.7 Å². The van der Waals surface area contributed by atoms with Crippen molar-refractivity contribution in [3.05, 3.63) is 88.4 Å². The van der Waals surface area contributed by atoms with Crippen LogP contribution in [-0.4, -0.2) is 40.0 Å². The maximum atomic E-state index is 14.0. The van der Waals surface area contributed by atoms with Gasteiger partial charge >= 0.3 is 5.97 Å². The Morgan fingerprint density at radius 2 is 1.78 bits per heavy atom. The molecule has 1 aliphatic heterocycles. The molecular weight excluding hydrogens is 562 g/mol. The number of carbonyl (C=O) groups excluding carboxylic acids is 2. The Bertz CT molecular complexity index is 1540. The van der Waals surface area contributed by atoms with Crippen molar-refractivity contribution in [2.45, 2.75) is 50.0 Å². The summed E-state index contributed by atoms with van der Waals surface area (Å²) in [6.45, 7) is 3.13. The third-order valence-corrected chi connectivity index (χ3v) is 9.45. The number of hydrogen-bond donors (Lipinski definition) is 2. The first-order valence-electron chi connectivity index (χ1n) is 14.0. The number of anilines is 2. The van der Waals surface area contributed by atoms with Crippen LogP contribution in [0.3, 0.4) is 0 Å². The fraction of sp³-hybridized carbons (Fsp3) is 0.355. The molecule has 1 amide bonds. The van der Waals surface area contributed by atoms with Crippen molar-refractivity contribution >= 4 is 44.9 Å². The average Bonchev–Trinajstić information content (AvgIpc) is 2.97. The summed E-state index contributed by atoms with van der Waals surface area (Å²) in [7, 11) is -4.01. The van der Waals surface area contributed by atoms with E-state index in [4.69, 9.17) is 16.3 Å². The molecule has 0 aromatic heterocycles. The van der Waals surface area contributed by atoms with Gasteiger partial charge in [-0.1, -0.05) is 41.9 Å². The predicted octanol–water partition coefficient (Wildman–Crippen LogP) is 5.73. The average molecular weight is 596 g/mol. The van der Waals surface area contributed by atoms with Crippen LogP contribution < -0.4 is 14.9 Å². The Balaban J connectivity index is 1.45. The zero-order chi connectivity index (χ0) is 29.0. The van der Waals surface area contributed by atoms with E-state index in [9.17, 15) is 18.0 Å². The minimum absolute atomic E-state index is 0.0824. The van der Waals surface area contributed by atoms with Crippen molar-refractivity contribution in [1.82, 2.24) is 4.72 Å². The number of sulfonamides is 1. The van der Waals surface area contributed by atoms with Crippen LogP contribution in [0.2, 0.25) is 5.02 Å². The predicted molar refractivity (Wildman–Crippen MR) is 160 cm³/mol. The van der Waals surface area contributed by atoms with Gasteiger partial charge in [0.1, 0.15) is 4.90 Å². The molecule has 0 spiro atoms. The number of fused-ring (bicyclic) bond motifs is 1. The molecule has 2 aliphatic rings. The summed E-state index contributed by atoms with van der Waals surface area (Å²) in [5.41, 5.74) is 3.39. The van der Waals surface area contributed by atoms with E-state index >= 15 is 0 Å². The number of amides is 1. The lowest BCUT2D eigenvalue weighted by Gasteiger charge is -2.34. The second kappa shape index (κ2) is 12.6. The fourth-order valence-corrected chi connectivity index (χ4v) is 7.34. The van der Waals surface area contributed by atoms with Gasteiger partial charge in [-0.3, -0.25) is 9.59 Å². The number of aryl methyl sites for hydroxylation is 1. The first-order valence-corrected chi connectivity index (χ1v) is 15.8. The lowest BCUT2D eigenvalue weighted by atomic mass is 9.88. The number of hydrogen-bond acceptors (Lipinski definition) is 6. The molecule has 1 fully saturated rings. The zero-order valence-corrected chi connectivity index (χ0v) is 24.5. The van der Waals surface area contributed by atoms with Gasteiger partial charge in [0, 0.05) is 35.4 Å². The van der Waals surface area contributed by atoms with Gasteiger partial charge in [-0.2, -0.15) is 0 Å². The number of esters is 1. The third kappa shape index (κ3) is 6.74. The molecule has 0 bridgehead atoms. The van der Waals surface area contributed by atoms with Crippen LogP contribution in [-0.2, 0) is 26.0 Å². The normalized spacial score (nSPS) is 17.5. The monoisotopic (exact) mass is 595 g/mol. The number of halogens is 1. The molecule has 41 heavy (non-hydrogen) atoms. The highest BCUT2D eigenvalue weighted by atomic mass is 35.5. The molecule has 1 aliphatic carbocycles. The van der Waals surface area contributed by atoms with Crippen LogP contribution in [0, 0.1) is 5.92 Å². The lowest BCUT2D eigenvalue weighted by Crippen LogP contribution is -2.38. The molecule has 1 heterocycles. The molecule has 5 rings (SSSR count). The largest absolute Gasteiger partial charge is 0.466 e. The quantitative estimate of drug-likeness (QED) is 0.322. The summed E-state index contributed by atoms with van der Waals surface area (Å²) in [6, 6.07) is 19.1. The number of benzene rings is 3. The Morgan fingerprint density at radius 1 is 1.00 bits per heavy atom. The highest BCUT2D eigenvalue weighted by molar-refractivity contribution is 7.89. The molecule has 0 saturated carbocycles. The number of piperidine rings is 1. The molecule has 8 nitrogen and oxygen atoms in total. The van der Waals surface area contributed by atoms with E-state index in [0.717, 1.165) is 24.0 Å². The van der Waals surface area contributed by atoms with E-state index in [1.165, 1.54) is 6.07 Å². The van der Waals surface area contributed by atoms with Gasteiger partial charge in [-0.15, -0.1) is 0 Å².